The van der Waals surface area contributed by atoms with Crippen molar-refractivity contribution in [1.29, 1.82) is 0 Å². The molecule has 4 rings (SSSR count). The van der Waals surface area contributed by atoms with E-state index in [0.717, 1.165) is 19.7 Å². The number of fused-ring (bicyclic) bond motifs is 2. The van der Waals surface area contributed by atoms with Crippen molar-refractivity contribution in [1.82, 2.24) is 13.9 Å². The largest absolute Gasteiger partial charge is 0.505 e. The zero-order chi connectivity index (χ0) is 23.4. The first kappa shape index (κ1) is 21.8. The van der Waals surface area contributed by atoms with Crippen LogP contribution in [0, 0.1) is 5.82 Å². The first-order chi connectivity index (χ1) is 15.0. The predicted octanol–water partition coefficient (Wildman–Crippen LogP) is 3.11. The van der Waals surface area contributed by atoms with Crippen molar-refractivity contribution in [2.45, 2.75) is 6.42 Å². The van der Waals surface area contributed by atoms with Crippen molar-refractivity contribution in [2.24, 2.45) is 7.05 Å². The van der Waals surface area contributed by atoms with Crippen LogP contribution in [0.3, 0.4) is 0 Å². The summed E-state index contributed by atoms with van der Waals surface area (Å²) in [5.74, 6) is -0.770. The molecule has 2 aromatic heterocycles. The Balaban J connectivity index is 2.02. The van der Waals surface area contributed by atoms with E-state index in [2.05, 4.69) is 4.98 Å². The fourth-order valence-electron chi connectivity index (χ4n) is 3.80. The molecular weight excluding hydrogens is 435 g/mol. The maximum Gasteiger partial charge on any atom is 0.303 e. The second-order valence-corrected chi connectivity index (χ2v) is 10.0. The van der Waals surface area contributed by atoms with Gasteiger partial charge in [0.1, 0.15) is 11.3 Å². The molecule has 0 unspecified atom stereocenters. The highest BCUT2D eigenvalue weighted by Gasteiger charge is 2.29. The lowest BCUT2D eigenvalue weighted by Crippen LogP contribution is -2.37. The van der Waals surface area contributed by atoms with Crippen molar-refractivity contribution in [3.8, 4) is 11.6 Å². The van der Waals surface area contributed by atoms with Gasteiger partial charge in [0.05, 0.1) is 11.1 Å². The molecule has 10 heteroatoms. The molecule has 0 radical (unpaired) electrons. The lowest BCUT2D eigenvalue weighted by Gasteiger charge is -2.25. The number of hydrogen-bond donors (Lipinski definition) is 2. The summed E-state index contributed by atoms with van der Waals surface area (Å²) >= 11 is 0. The molecule has 2 heterocycles. The van der Waals surface area contributed by atoms with Gasteiger partial charge < -0.3 is 14.8 Å². The van der Waals surface area contributed by atoms with Crippen LogP contribution in [0.25, 0.3) is 21.7 Å². The van der Waals surface area contributed by atoms with Crippen LogP contribution in [0.5, 0.6) is 11.6 Å². The van der Waals surface area contributed by atoms with Gasteiger partial charge >= 0.3 is 10.2 Å². The fourth-order valence-corrected chi connectivity index (χ4v) is 4.72. The number of aromatic hydroxyl groups is 2. The van der Waals surface area contributed by atoms with Gasteiger partial charge in [-0.15, -0.1) is 0 Å². The number of rotatable bonds is 5. The third-order valence-electron chi connectivity index (χ3n) is 5.51. The van der Waals surface area contributed by atoms with E-state index in [1.54, 1.807) is 37.6 Å². The summed E-state index contributed by atoms with van der Waals surface area (Å²) in [6, 6.07) is 7.83. The third kappa shape index (κ3) is 3.41. The van der Waals surface area contributed by atoms with Gasteiger partial charge in [0, 0.05) is 51.4 Å². The molecule has 0 spiro atoms. The van der Waals surface area contributed by atoms with E-state index in [1.807, 2.05) is 0 Å². The maximum atomic E-state index is 13.3. The van der Waals surface area contributed by atoms with Crippen LogP contribution in [-0.4, -0.2) is 53.6 Å². The van der Waals surface area contributed by atoms with Gasteiger partial charge in [0.15, 0.2) is 5.75 Å². The molecule has 0 atom stereocenters. The molecule has 0 aliphatic rings. The number of halogens is 1. The Hall–Kier alpha value is -3.37. The molecule has 0 aliphatic heterocycles. The van der Waals surface area contributed by atoms with E-state index in [-0.39, 0.29) is 34.0 Å². The summed E-state index contributed by atoms with van der Waals surface area (Å²) < 4.78 is 42.8. The van der Waals surface area contributed by atoms with Crippen LogP contribution in [0.2, 0.25) is 0 Å². The van der Waals surface area contributed by atoms with E-state index in [9.17, 15) is 23.0 Å². The summed E-state index contributed by atoms with van der Waals surface area (Å²) in [5, 5.41) is 22.3. The third-order valence-corrected chi connectivity index (χ3v) is 7.31. The Bertz CT molecular complexity index is 1450. The number of anilines is 1. The maximum absolute atomic E-state index is 13.3. The highest BCUT2D eigenvalue weighted by molar-refractivity contribution is 7.90. The number of pyridine rings is 1. The van der Waals surface area contributed by atoms with Crippen LogP contribution >= 0.6 is 0 Å². The van der Waals surface area contributed by atoms with Gasteiger partial charge in [-0.25, -0.2) is 4.39 Å². The van der Waals surface area contributed by atoms with Gasteiger partial charge in [0.2, 0.25) is 5.88 Å². The van der Waals surface area contributed by atoms with Crippen LogP contribution in [-0.2, 0) is 23.7 Å². The van der Waals surface area contributed by atoms with Crippen LogP contribution in [0.1, 0.15) is 11.1 Å². The van der Waals surface area contributed by atoms with Gasteiger partial charge in [-0.05, 0) is 35.7 Å². The molecule has 0 aliphatic carbocycles. The highest BCUT2D eigenvalue weighted by atomic mass is 32.2. The highest BCUT2D eigenvalue weighted by Crippen LogP contribution is 2.46. The number of hydrogen-bond acceptors (Lipinski definition) is 5. The summed E-state index contributed by atoms with van der Waals surface area (Å²) in [5.41, 5.74) is 2.05. The van der Waals surface area contributed by atoms with Gasteiger partial charge in [-0.2, -0.15) is 12.7 Å². The van der Waals surface area contributed by atoms with Crippen molar-refractivity contribution in [3.05, 3.63) is 59.7 Å². The van der Waals surface area contributed by atoms with Gasteiger partial charge in [-0.1, -0.05) is 12.1 Å². The van der Waals surface area contributed by atoms with Crippen LogP contribution < -0.4 is 4.31 Å². The second-order valence-electron chi connectivity index (χ2n) is 7.85. The normalized spacial score (nSPS) is 12.2. The smallest absolute Gasteiger partial charge is 0.303 e. The molecule has 168 valence electrons. The molecule has 0 saturated heterocycles. The van der Waals surface area contributed by atoms with E-state index < -0.39 is 10.2 Å². The molecule has 0 saturated carbocycles. The second kappa shape index (κ2) is 7.64. The zero-order valence-electron chi connectivity index (χ0n) is 18.0. The van der Waals surface area contributed by atoms with Crippen molar-refractivity contribution >= 4 is 37.6 Å². The SMILES string of the molecule is CN(C)S(=O)(=O)N(C)c1c2cc(Cc3ccc(F)cc3)cnc2c(O)c2c(O)n(C)cc12. The minimum absolute atomic E-state index is 0.120. The van der Waals surface area contributed by atoms with E-state index >= 15 is 0 Å². The number of phenolic OH excluding ortho intramolecular Hbond substituents is 1. The number of benzene rings is 2. The first-order valence-electron chi connectivity index (χ1n) is 9.74. The summed E-state index contributed by atoms with van der Waals surface area (Å²) in [6.07, 6.45) is 3.57. The van der Waals surface area contributed by atoms with Gasteiger partial charge in [0.25, 0.3) is 0 Å². The van der Waals surface area contributed by atoms with Crippen molar-refractivity contribution < 1.29 is 23.0 Å². The van der Waals surface area contributed by atoms with Crippen LogP contribution in [0.15, 0.2) is 42.7 Å². The molecule has 2 N–H and O–H groups in total. The quantitative estimate of drug-likeness (QED) is 0.479. The van der Waals surface area contributed by atoms with E-state index in [4.69, 9.17) is 0 Å². The summed E-state index contributed by atoms with van der Waals surface area (Å²) in [4.78, 5) is 4.39. The van der Waals surface area contributed by atoms with Crippen molar-refractivity contribution in [2.75, 3.05) is 25.4 Å². The average Bonchev–Trinajstić information content (AvgIpc) is 3.04. The van der Waals surface area contributed by atoms with E-state index in [1.165, 1.54) is 37.8 Å². The first-order valence-corrected chi connectivity index (χ1v) is 11.1. The Morgan fingerprint density at radius 2 is 1.72 bits per heavy atom. The monoisotopic (exact) mass is 458 g/mol. The number of aromatic nitrogens is 2. The molecule has 0 fully saturated rings. The zero-order valence-corrected chi connectivity index (χ0v) is 18.9. The molecule has 32 heavy (non-hydrogen) atoms. The standard InChI is InChI=1S/C22H23FN4O4S/c1-25(2)32(30,31)27(4)20-16-10-14(9-13-5-7-15(23)8-6-13)11-24-19(16)21(28)18-17(20)12-26(3)22(18)29/h5-8,10-12,28-29H,9H2,1-4H3. The molecule has 0 amide bonds. The minimum atomic E-state index is -3.88. The number of aryl methyl sites for hydroxylation is 1. The van der Waals surface area contributed by atoms with Crippen LogP contribution in [0.4, 0.5) is 10.1 Å². The molecule has 8 nitrogen and oxygen atoms in total. The van der Waals surface area contributed by atoms with Gasteiger partial charge in [-0.3, -0.25) is 9.29 Å². The summed E-state index contributed by atoms with van der Waals surface area (Å²) in [6.45, 7) is 0. The molecule has 2 aromatic carbocycles. The predicted molar refractivity (Wildman–Crippen MR) is 122 cm³/mol. The Morgan fingerprint density at radius 3 is 2.34 bits per heavy atom. The lowest BCUT2D eigenvalue weighted by molar-refractivity contribution is 0.432. The summed E-state index contributed by atoms with van der Waals surface area (Å²) in [7, 11) is 1.97. The Kier molecular flexibility index (Phi) is 5.22. The Morgan fingerprint density at radius 1 is 1.06 bits per heavy atom. The Labute approximate surface area is 184 Å². The fraction of sp³-hybridized carbons (Fsp3) is 0.227. The average molecular weight is 459 g/mol. The number of nitrogens with zero attached hydrogens (tertiary/aromatic N) is 4. The lowest BCUT2D eigenvalue weighted by atomic mass is 10.0. The molecule has 4 aromatic rings. The minimum Gasteiger partial charge on any atom is -0.505 e. The van der Waals surface area contributed by atoms with Crippen molar-refractivity contribution in [3.63, 3.8) is 0 Å². The molecular formula is C22H23FN4O4S. The number of phenols is 1. The topological polar surface area (TPSA) is 98.9 Å². The molecule has 0 bridgehead atoms. The van der Waals surface area contributed by atoms with E-state index in [0.29, 0.717) is 17.2 Å².